The van der Waals surface area contributed by atoms with Crippen molar-refractivity contribution in [2.45, 2.75) is 149 Å². The van der Waals surface area contributed by atoms with E-state index < -0.39 is 86.3 Å². The molecule has 0 aliphatic heterocycles. The fourth-order valence-corrected chi connectivity index (χ4v) is 6.61. The summed E-state index contributed by atoms with van der Waals surface area (Å²) >= 11 is 0. The fourth-order valence-electron chi connectivity index (χ4n) is 6.61. The third-order valence-electron chi connectivity index (χ3n) is 9.64. The molecule has 4 atom stereocenters. The standard InChI is InChI=1S/C38H56N6O14.6C2H6/c1-17-27(19(3)31(41-26(52)16-48)21(5)29(17)37(57)43(7)11-23(49)13-45)34(54)39-9-10-40-35(55)28-18(2)30(38(58)44(8)12-24(50)14-46)22(6)32(20(28)4)42-36(56)33(53)25(51)15-47;6*1-2/h23-25,33,45-51,53H,9-16H2,1-8H3,(H,39,54)(H,40,55)(H,41,52)(H,42,56);6*1-2H3. The summed E-state index contributed by atoms with van der Waals surface area (Å²) in [5, 5.41) is 87.4. The van der Waals surface area contributed by atoms with Crippen LogP contribution in [0.2, 0.25) is 0 Å². The first-order chi connectivity index (χ1) is 33.1. The average Bonchev–Trinajstić information content (AvgIpc) is 3.37. The molecule has 4 unspecified atom stereocenters. The number of anilines is 2. The minimum atomic E-state index is -2.08. The summed E-state index contributed by atoms with van der Waals surface area (Å²) in [4.78, 5) is 82.2. The molecule has 20 nitrogen and oxygen atoms in total. The van der Waals surface area contributed by atoms with E-state index in [4.69, 9.17) is 0 Å². The second kappa shape index (κ2) is 40.6. The van der Waals surface area contributed by atoms with Crippen LogP contribution < -0.4 is 21.3 Å². The van der Waals surface area contributed by atoms with Crippen LogP contribution >= 0.6 is 0 Å². The Hall–Kier alpha value is -5.06. The Bertz CT molecular complexity index is 1890. The van der Waals surface area contributed by atoms with Gasteiger partial charge in [-0.05, 0) is 74.9 Å². The lowest BCUT2D eigenvalue weighted by atomic mass is 9.89. The average molecular weight is 1000 g/mol. The first-order valence-corrected chi connectivity index (χ1v) is 24.2. The van der Waals surface area contributed by atoms with Crippen molar-refractivity contribution in [1.82, 2.24) is 20.4 Å². The van der Waals surface area contributed by atoms with Gasteiger partial charge in [0.05, 0.1) is 32.0 Å². The fraction of sp³-hybridized carbons (Fsp3) is 0.640. The van der Waals surface area contributed by atoms with Crippen LogP contribution in [0.25, 0.3) is 0 Å². The van der Waals surface area contributed by atoms with Crippen molar-refractivity contribution >= 4 is 46.8 Å². The summed E-state index contributed by atoms with van der Waals surface area (Å²) in [6.45, 7) is 29.0. The van der Waals surface area contributed by atoms with E-state index in [-0.39, 0.29) is 93.2 Å². The van der Waals surface area contributed by atoms with Gasteiger partial charge in [0, 0.05) is 73.9 Å². The lowest BCUT2D eigenvalue weighted by molar-refractivity contribution is -0.131. The summed E-state index contributed by atoms with van der Waals surface area (Å²) < 4.78 is 0. The van der Waals surface area contributed by atoms with Crippen molar-refractivity contribution in [3.63, 3.8) is 0 Å². The van der Waals surface area contributed by atoms with E-state index >= 15 is 0 Å². The van der Waals surface area contributed by atoms with Crippen LogP contribution in [0.4, 0.5) is 11.4 Å². The van der Waals surface area contributed by atoms with Crippen LogP contribution in [-0.4, -0.2) is 177 Å². The maximum absolute atomic E-state index is 13.8. The lowest BCUT2D eigenvalue weighted by Gasteiger charge is -2.26. The molecular weight excluding hydrogens is 909 g/mol. The van der Waals surface area contributed by atoms with Gasteiger partial charge in [-0.1, -0.05) is 83.1 Å². The Kier molecular flexibility index (Phi) is 42.9. The largest absolute Gasteiger partial charge is 0.394 e. The SMILES string of the molecule is CC.CC.CC.CC.CC.CC.Cc1c(NC(=O)CO)c(C)c(C(=O)N(C)CC(O)CO)c(C)c1C(=O)NCCNC(=O)c1c(C)c(NC(=O)C(O)C(O)CO)c(C)c(C(=O)N(C)CC(O)CO)c1C. The van der Waals surface area contributed by atoms with E-state index in [9.17, 15) is 69.6 Å². The van der Waals surface area contributed by atoms with Crippen molar-refractivity contribution < 1.29 is 69.6 Å². The number of aliphatic hydroxyl groups excluding tert-OH is 8. The molecule has 0 heterocycles. The number of hydrogen-bond donors (Lipinski definition) is 12. The number of likely N-dealkylation sites (N-methyl/N-ethyl adjacent to an activating group) is 2. The molecule has 0 fully saturated rings. The second-order valence-corrected chi connectivity index (χ2v) is 13.9. The Morgan fingerprint density at radius 3 is 1.04 bits per heavy atom. The topological polar surface area (TPSA) is 319 Å². The number of amides is 6. The molecule has 12 N–H and O–H groups in total. The van der Waals surface area contributed by atoms with Crippen molar-refractivity contribution in [2.75, 3.05) is 77.3 Å². The molecule has 0 saturated heterocycles. The van der Waals surface area contributed by atoms with Gasteiger partial charge in [0.15, 0.2) is 6.10 Å². The number of aliphatic hydroxyl groups is 8. The number of carbonyl (C=O) groups is 6. The Morgan fingerprint density at radius 2 is 0.757 bits per heavy atom. The number of benzene rings is 2. The molecule has 0 radical (unpaired) electrons. The van der Waals surface area contributed by atoms with Gasteiger partial charge < -0.3 is 71.9 Å². The number of nitrogens with one attached hydrogen (secondary N) is 4. The van der Waals surface area contributed by atoms with E-state index in [0.29, 0.717) is 0 Å². The molecule has 406 valence electrons. The third-order valence-corrected chi connectivity index (χ3v) is 9.64. The molecule has 6 amide bonds. The maximum Gasteiger partial charge on any atom is 0.256 e. The molecule has 0 spiro atoms. The quantitative estimate of drug-likeness (QED) is 0.0900. The van der Waals surface area contributed by atoms with Crippen molar-refractivity contribution in [1.29, 1.82) is 0 Å². The van der Waals surface area contributed by atoms with Crippen LogP contribution in [0.3, 0.4) is 0 Å². The van der Waals surface area contributed by atoms with Gasteiger partial charge >= 0.3 is 0 Å². The number of hydrogen-bond acceptors (Lipinski definition) is 14. The highest BCUT2D eigenvalue weighted by molar-refractivity contribution is 6.09. The number of carbonyl (C=O) groups excluding carboxylic acids is 6. The molecule has 0 bridgehead atoms. The van der Waals surface area contributed by atoms with Gasteiger partial charge in [0.25, 0.3) is 29.5 Å². The van der Waals surface area contributed by atoms with E-state index in [2.05, 4.69) is 21.3 Å². The van der Waals surface area contributed by atoms with Crippen LogP contribution in [0.15, 0.2) is 0 Å². The number of nitrogens with zero attached hydrogens (tertiary/aromatic N) is 2. The highest BCUT2D eigenvalue weighted by Crippen LogP contribution is 2.34. The minimum absolute atomic E-state index is 0.00215. The first kappa shape index (κ1) is 73.9. The molecule has 70 heavy (non-hydrogen) atoms. The smallest absolute Gasteiger partial charge is 0.256 e. The van der Waals surface area contributed by atoms with Crippen molar-refractivity contribution in [2.24, 2.45) is 0 Å². The van der Waals surface area contributed by atoms with Gasteiger partial charge in [-0.15, -0.1) is 0 Å². The zero-order valence-corrected chi connectivity index (χ0v) is 45.9. The monoisotopic (exact) mass is 1000 g/mol. The first-order valence-electron chi connectivity index (χ1n) is 24.2. The molecule has 20 heteroatoms. The number of rotatable bonds is 19. The second-order valence-electron chi connectivity index (χ2n) is 13.9. The highest BCUT2D eigenvalue weighted by atomic mass is 16.4. The molecule has 0 saturated carbocycles. The Balaban J connectivity index is -0.00000108. The van der Waals surface area contributed by atoms with E-state index in [1.165, 1.54) is 55.6 Å². The van der Waals surface area contributed by atoms with Gasteiger partial charge in [-0.25, -0.2) is 0 Å². The van der Waals surface area contributed by atoms with Crippen LogP contribution in [0.5, 0.6) is 0 Å². The summed E-state index contributed by atoms with van der Waals surface area (Å²) in [6, 6.07) is 0. The van der Waals surface area contributed by atoms with Crippen LogP contribution in [-0.2, 0) is 9.59 Å². The predicted octanol–water partition coefficient (Wildman–Crippen LogP) is 3.29. The highest BCUT2D eigenvalue weighted by Gasteiger charge is 2.31. The van der Waals surface area contributed by atoms with Gasteiger partial charge in [0.1, 0.15) is 12.7 Å². The molecular formula is C50H92N6O14. The van der Waals surface area contributed by atoms with Gasteiger partial charge in [-0.2, -0.15) is 0 Å². The van der Waals surface area contributed by atoms with Crippen LogP contribution in [0, 0.1) is 41.5 Å². The van der Waals surface area contributed by atoms with E-state index in [1.54, 1.807) is 0 Å². The van der Waals surface area contributed by atoms with Crippen molar-refractivity contribution in [3.05, 3.63) is 55.6 Å². The Labute approximate surface area is 417 Å². The Morgan fingerprint density at radius 1 is 0.457 bits per heavy atom. The molecule has 2 rings (SSSR count). The molecule has 0 aliphatic rings. The molecule has 0 aromatic heterocycles. The van der Waals surface area contributed by atoms with Crippen LogP contribution in [0.1, 0.15) is 158 Å². The van der Waals surface area contributed by atoms with Crippen molar-refractivity contribution in [3.8, 4) is 0 Å². The minimum Gasteiger partial charge on any atom is -0.394 e. The normalized spacial score (nSPS) is 11.4. The molecule has 2 aromatic carbocycles. The summed E-state index contributed by atoms with van der Waals surface area (Å²) in [6.07, 6.45) is -6.45. The molecule has 0 aliphatic carbocycles. The summed E-state index contributed by atoms with van der Waals surface area (Å²) in [5.41, 5.74) is 1.19. The third kappa shape index (κ3) is 21.5. The summed E-state index contributed by atoms with van der Waals surface area (Å²) in [5.74, 6) is -4.73. The maximum atomic E-state index is 13.8. The predicted molar refractivity (Wildman–Crippen MR) is 278 cm³/mol. The van der Waals surface area contributed by atoms with E-state index in [0.717, 1.165) is 9.80 Å². The summed E-state index contributed by atoms with van der Waals surface area (Å²) in [7, 11) is 2.73. The van der Waals surface area contributed by atoms with Gasteiger partial charge in [0.2, 0.25) is 5.91 Å². The zero-order valence-electron chi connectivity index (χ0n) is 45.9. The zero-order chi connectivity index (χ0) is 56.3. The van der Waals surface area contributed by atoms with Gasteiger partial charge in [-0.3, -0.25) is 28.8 Å². The lowest BCUT2D eigenvalue weighted by Crippen LogP contribution is -2.41. The van der Waals surface area contributed by atoms with E-state index in [1.807, 2.05) is 83.1 Å². The molecule has 2 aromatic rings.